The fourth-order valence-corrected chi connectivity index (χ4v) is 2.61. The molecule has 6 heteroatoms. The molecule has 1 aliphatic heterocycles. The molecule has 0 unspecified atom stereocenters. The molecule has 0 bridgehead atoms. The molecule has 2 aromatic carbocycles. The van der Waals surface area contributed by atoms with Crippen LogP contribution in [0, 0.1) is 5.82 Å². The van der Waals surface area contributed by atoms with Gasteiger partial charge in [0.25, 0.3) is 0 Å². The summed E-state index contributed by atoms with van der Waals surface area (Å²) in [7, 11) is 0. The van der Waals surface area contributed by atoms with E-state index >= 15 is 0 Å². The quantitative estimate of drug-likeness (QED) is 0.800. The number of fused-ring (bicyclic) bond motifs is 1. The summed E-state index contributed by atoms with van der Waals surface area (Å²) in [6.45, 7) is 0.625. The zero-order chi connectivity index (χ0) is 16.2. The van der Waals surface area contributed by atoms with Gasteiger partial charge in [0.05, 0.1) is 13.0 Å². The Morgan fingerprint density at radius 2 is 2.04 bits per heavy atom. The largest absolute Gasteiger partial charge is 0.467 e. The highest BCUT2D eigenvalue weighted by Crippen LogP contribution is 2.32. The second-order valence-corrected chi connectivity index (χ2v) is 5.56. The van der Waals surface area contributed by atoms with Crippen LogP contribution in [0.1, 0.15) is 16.7 Å². The van der Waals surface area contributed by atoms with E-state index in [0.29, 0.717) is 28.5 Å². The molecule has 0 radical (unpaired) electrons. The van der Waals surface area contributed by atoms with Crippen molar-refractivity contribution in [1.29, 1.82) is 0 Å². The number of carbonyl (C=O) groups excluding carboxylic acids is 1. The number of carbonyl (C=O) groups is 1. The average Bonchev–Trinajstić information content (AvgIpc) is 2.54. The second-order valence-electron chi connectivity index (χ2n) is 5.13. The minimum absolute atomic E-state index is 0.0585. The molecule has 0 amide bonds. The molecular weight excluding hydrogens is 323 g/mol. The van der Waals surface area contributed by atoms with E-state index in [4.69, 9.17) is 25.8 Å². The predicted octanol–water partition coefficient (Wildman–Crippen LogP) is 3.63. The van der Waals surface area contributed by atoms with E-state index in [1.54, 1.807) is 24.3 Å². The van der Waals surface area contributed by atoms with Crippen LogP contribution < -0.4 is 4.74 Å². The van der Waals surface area contributed by atoms with Crippen molar-refractivity contribution in [1.82, 2.24) is 0 Å². The van der Waals surface area contributed by atoms with E-state index < -0.39 is 5.97 Å². The molecule has 23 heavy (non-hydrogen) atoms. The highest BCUT2D eigenvalue weighted by atomic mass is 35.5. The van der Waals surface area contributed by atoms with E-state index in [9.17, 15) is 9.18 Å². The lowest BCUT2D eigenvalue weighted by molar-refractivity contribution is -0.144. The van der Waals surface area contributed by atoms with Crippen LogP contribution in [-0.4, -0.2) is 12.8 Å². The number of benzene rings is 2. The third-order valence-corrected chi connectivity index (χ3v) is 3.62. The van der Waals surface area contributed by atoms with Crippen LogP contribution in [0.2, 0.25) is 5.02 Å². The summed E-state index contributed by atoms with van der Waals surface area (Å²) in [4.78, 5) is 11.9. The minimum atomic E-state index is -0.405. The van der Waals surface area contributed by atoms with Crippen molar-refractivity contribution in [2.24, 2.45) is 0 Å². The van der Waals surface area contributed by atoms with Gasteiger partial charge in [-0.05, 0) is 29.8 Å². The lowest BCUT2D eigenvalue weighted by Crippen LogP contribution is -2.15. The van der Waals surface area contributed by atoms with Crippen LogP contribution in [0.25, 0.3) is 0 Å². The van der Waals surface area contributed by atoms with Crippen molar-refractivity contribution in [2.45, 2.75) is 19.6 Å². The molecule has 0 saturated carbocycles. The van der Waals surface area contributed by atoms with E-state index in [1.165, 1.54) is 12.1 Å². The van der Waals surface area contributed by atoms with Gasteiger partial charge in [-0.3, -0.25) is 4.79 Å². The van der Waals surface area contributed by atoms with Gasteiger partial charge in [0.2, 0.25) is 0 Å². The van der Waals surface area contributed by atoms with Crippen LogP contribution in [-0.2, 0) is 33.9 Å². The molecule has 0 N–H and O–H groups in total. The number of rotatable bonds is 4. The molecule has 4 nitrogen and oxygen atoms in total. The first-order valence-electron chi connectivity index (χ1n) is 7.04. The normalized spacial score (nSPS) is 13.1. The first-order valence-corrected chi connectivity index (χ1v) is 7.41. The molecule has 0 spiro atoms. The van der Waals surface area contributed by atoms with Crippen molar-refractivity contribution < 1.29 is 23.4 Å². The standard InChI is InChI=1S/C17H14ClFO4/c18-14-6-12-8-21-10-23-17(12)13(7-14)9-22-16(20)5-11-1-3-15(19)4-2-11/h1-4,6-7H,5,8-10H2. The Morgan fingerprint density at radius 1 is 1.26 bits per heavy atom. The van der Waals surface area contributed by atoms with E-state index in [0.717, 1.165) is 5.56 Å². The molecule has 0 atom stereocenters. The molecule has 120 valence electrons. The molecule has 1 aliphatic rings. The summed E-state index contributed by atoms with van der Waals surface area (Å²) in [5.74, 6) is -0.0975. The van der Waals surface area contributed by atoms with Gasteiger partial charge in [0.15, 0.2) is 6.79 Å². The Kier molecular flexibility index (Phi) is 4.79. The molecule has 0 aromatic heterocycles. The number of esters is 1. The maximum absolute atomic E-state index is 12.8. The summed E-state index contributed by atoms with van der Waals surface area (Å²) < 4.78 is 28.8. The fraction of sp³-hybridized carbons (Fsp3) is 0.235. The Labute approximate surface area is 137 Å². The van der Waals surface area contributed by atoms with Gasteiger partial charge in [0, 0.05) is 16.1 Å². The van der Waals surface area contributed by atoms with Gasteiger partial charge in [-0.1, -0.05) is 23.7 Å². The molecular formula is C17H14ClFO4. The van der Waals surface area contributed by atoms with Crippen molar-refractivity contribution in [3.8, 4) is 5.75 Å². The SMILES string of the molecule is O=C(Cc1ccc(F)cc1)OCc1cc(Cl)cc2c1OCOC2. The second kappa shape index (κ2) is 6.98. The molecule has 0 fully saturated rings. The smallest absolute Gasteiger partial charge is 0.310 e. The van der Waals surface area contributed by atoms with Crippen molar-refractivity contribution in [3.05, 3.63) is 63.9 Å². The van der Waals surface area contributed by atoms with Gasteiger partial charge in [-0.2, -0.15) is 0 Å². The first kappa shape index (κ1) is 15.8. The Bertz CT molecular complexity index is 715. The van der Waals surface area contributed by atoms with Crippen LogP contribution in [0.3, 0.4) is 0 Å². The number of halogens is 2. The Morgan fingerprint density at radius 3 is 2.83 bits per heavy atom. The summed E-state index contributed by atoms with van der Waals surface area (Å²) >= 11 is 6.05. The lowest BCUT2D eigenvalue weighted by atomic mass is 10.1. The number of hydrogen-bond donors (Lipinski definition) is 0. The zero-order valence-corrected chi connectivity index (χ0v) is 12.9. The summed E-state index contributed by atoms with van der Waals surface area (Å²) in [6.07, 6.45) is 0.0764. The monoisotopic (exact) mass is 336 g/mol. The van der Waals surface area contributed by atoms with Crippen LogP contribution in [0.15, 0.2) is 36.4 Å². The Hall–Kier alpha value is -2.11. The average molecular weight is 337 g/mol. The Balaban J connectivity index is 1.65. The maximum atomic E-state index is 12.8. The van der Waals surface area contributed by atoms with Crippen molar-refractivity contribution >= 4 is 17.6 Å². The zero-order valence-electron chi connectivity index (χ0n) is 12.2. The van der Waals surface area contributed by atoms with Crippen molar-refractivity contribution in [3.63, 3.8) is 0 Å². The van der Waals surface area contributed by atoms with Gasteiger partial charge < -0.3 is 14.2 Å². The predicted molar refractivity (Wildman–Crippen MR) is 81.6 cm³/mol. The molecule has 1 heterocycles. The minimum Gasteiger partial charge on any atom is -0.467 e. The van der Waals surface area contributed by atoms with E-state index in [-0.39, 0.29) is 25.6 Å². The van der Waals surface area contributed by atoms with Crippen molar-refractivity contribution in [2.75, 3.05) is 6.79 Å². The van der Waals surface area contributed by atoms with Gasteiger partial charge in [-0.15, -0.1) is 0 Å². The van der Waals surface area contributed by atoms with Gasteiger partial charge in [0.1, 0.15) is 18.2 Å². The summed E-state index contributed by atoms with van der Waals surface area (Å²) in [6, 6.07) is 9.20. The van der Waals surface area contributed by atoms with Crippen LogP contribution in [0.5, 0.6) is 5.75 Å². The maximum Gasteiger partial charge on any atom is 0.310 e. The van der Waals surface area contributed by atoms with Gasteiger partial charge >= 0.3 is 5.97 Å². The van der Waals surface area contributed by atoms with E-state index in [2.05, 4.69) is 0 Å². The summed E-state index contributed by atoms with van der Waals surface area (Å²) in [5.41, 5.74) is 2.21. The number of ether oxygens (including phenoxy) is 3. The fourth-order valence-electron chi connectivity index (χ4n) is 2.34. The van der Waals surface area contributed by atoms with Gasteiger partial charge in [-0.25, -0.2) is 4.39 Å². The molecule has 0 aliphatic carbocycles. The van der Waals surface area contributed by atoms with E-state index in [1.807, 2.05) is 0 Å². The highest BCUT2D eigenvalue weighted by Gasteiger charge is 2.17. The molecule has 0 saturated heterocycles. The number of hydrogen-bond acceptors (Lipinski definition) is 4. The highest BCUT2D eigenvalue weighted by molar-refractivity contribution is 6.30. The topological polar surface area (TPSA) is 44.8 Å². The molecule has 3 rings (SSSR count). The third kappa shape index (κ3) is 4.00. The first-order chi connectivity index (χ1) is 11.1. The summed E-state index contributed by atoms with van der Waals surface area (Å²) in [5, 5.41) is 0.530. The van der Waals surface area contributed by atoms with Crippen LogP contribution in [0.4, 0.5) is 4.39 Å². The lowest BCUT2D eigenvalue weighted by Gasteiger charge is -2.21. The van der Waals surface area contributed by atoms with Crippen LogP contribution >= 0.6 is 11.6 Å². The third-order valence-electron chi connectivity index (χ3n) is 3.40. The molecule has 2 aromatic rings.